The average Bonchev–Trinajstić information content (AvgIpc) is 2.74. The molecule has 4 fully saturated rings. The number of hydrogen-bond donors (Lipinski definition) is 1. The molecule has 1 saturated carbocycles. The van der Waals surface area contributed by atoms with Crippen molar-refractivity contribution in [3.05, 3.63) is 0 Å². The topological polar surface area (TPSA) is 38.5 Å². The van der Waals surface area contributed by atoms with Gasteiger partial charge in [-0.2, -0.15) is 0 Å². The molecule has 4 unspecified atom stereocenters. The number of fused-ring (bicyclic) bond motifs is 1. The third kappa shape index (κ3) is 1.03. The number of ether oxygens (including phenoxy) is 1. The first-order chi connectivity index (χ1) is 6.59. The van der Waals surface area contributed by atoms with E-state index in [2.05, 4.69) is 18.7 Å². The van der Waals surface area contributed by atoms with E-state index in [9.17, 15) is 0 Å². The SMILES string of the molecule is CC1(C)OCCC1N1CC2CC1C2N. The predicted molar refractivity (Wildman–Crippen MR) is 55.0 cm³/mol. The van der Waals surface area contributed by atoms with E-state index in [0.29, 0.717) is 18.1 Å². The van der Waals surface area contributed by atoms with Crippen LogP contribution in [-0.4, -0.2) is 41.8 Å². The van der Waals surface area contributed by atoms with Crippen molar-refractivity contribution in [3.63, 3.8) is 0 Å². The van der Waals surface area contributed by atoms with Crippen LogP contribution in [0.5, 0.6) is 0 Å². The zero-order valence-corrected chi connectivity index (χ0v) is 9.07. The maximum Gasteiger partial charge on any atom is 0.0781 e. The van der Waals surface area contributed by atoms with E-state index in [1.54, 1.807) is 0 Å². The Morgan fingerprint density at radius 1 is 1.43 bits per heavy atom. The molecular formula is C11H20N2O. The number of nitrogens with zero attached hydrogens (tertiary/aromatic N) is 1. The van der Waals surface area contributed by atoms with E-state index in [4.69, 9.17) is 10.5 Å². The summed E-state index contributed by atoms with van der Waals surface area (Å²) in [4.78, 5) is 2.61. The Balaban J connectivity index is 1.78. The number of hydrogen-bond acceptors (Lipinski definition) is 3. The molecule has 14 heavy (non-hydrogen) atoms. The minimum absolute atomic E-state index is 0.0389. The lowest BCUT2D eigenvalue weighted by Crippen LogP contribution is -2.54. The van der Waals surface area contributed by atoms with Crippen molar-refractivity contribution >= 4 is 0 Å². The van der Waals surface area contributed by atoms with E-state index in [0.717, 1.165) is 12.5 Å². The van der Waals surface area contributed by atoms with Crippen molar-refractivity contribution in [3.8, 4) is 0 Å². The normalized spacial score (nSPS) is 50.8. The van der Waals surface area contributed by atoms with E-state index < -0.39 is 0 Å². The fraction of sp³-hybridized carbons (Fsp3) is 1.00. The van der Waals surface area contributed by atoms with Gasteiger partial charge in [-0.3, -0.25) is 4.90 Å². The summed E-state index contributed by atoms with van der Waals surface area (Å²) in [6, 6.07) is 1.71. The van der Waals surface area contributed by atoms with Gasteiger partial charge in [-0.05, 0) is 32.6 Å². The highest BCUT2D eigenvalue weighted by molar-refractivity contribution is 5.11. The second kappa shape index (κ2) is 2.71. The predicted octanol–water partition coefficient (Wildman–Crippen LogP) is 0.585. The molecule has 80 valence electrons. The minimum Gasteiger partial charge on any atom is -0.374 e. The van der Waals surface area contributed by atoms with Gasteiger partial charge in [-0.1, -0.05) is 0 Å². The molecule has 3 heterocycles. The highest BCUT2D eigenvalue weighted by Gasteiger charge is 2.55. The van der Waals surface area contributed by atoms with Gasteiger partial charge in [0.2, 0.25) is 0 Å². The summed E-state index contributed by atoms with van der Waals surface area (Å²) in [7, 11) is 0. The molecule has 2 bridgehead atoms. The average molecular weight is 196 g/mol. The van der Waals surface area contributed by atoms with Crippen LogP contribution in [0.1, 0.15) is 26.7 Å². The third-order valence-electron chi connectivity index (χ3n) is 4.47. The van der Waals surface area contributed by atoms with Crippen LogP contribution in [0.15, 0.2) is 0 Å². The van der Waals surface area contributed by atoms with Crippen LogP contribution in [0, 0.1) is 5.92 Å². The Morgan fingerprint density at radius 3 is 2.64 bits per heavy atom. The van der Waals surface area contributed by atoms with Gasteiger partial charge in [0.25, 0.3) is 0 Å². The summed E-state index contributed by atoms with van der Waals surface area (Å²) in [5, 5.41) is 0. The van der Waals surface area contributed by atoms with Crippen molar-refractivity contribution in [2.75, 3.05) is 13.2 Å². The summed E-state index contributed by atoms with van der Waals surface area (Å²) in [6.45, 7) is 6.56. The van der Waals surface area contributed by atoms with Crippen molar-refractivity contribution < 1.29 is 4.74 Å². The fourth-order valence-electron chi connectivity index (χ4n) is 3.50. The smallest absolute Gasteiger partial charge is 0.0781 e. The van der Waals surface area contributed by atoms with Gasteiger partial charge < -0.3 is 10.5 Å². The molecule has 0 aromatic rings. The van der Waals surface area contributed by atoms with Gasteiger partial charge in [0.1, 0.15) is 0 Å². The lowest BCUT2D eigenvalue weighted by Gasteiger charge is -2.39. The first kappa shape index (κ1) is 9.13. The maximum atomic E-state index is 6.09. The van der Waals surface area contributed by atoms with Crippen LogP contribution < -0.4 is 5.73 Å². The van der Waals surface area contributed by atoms with Crippen LogP contribution in [0.3, 0.4) is 0 Å². The Hall–Kier alpha value is -0.120. The summed E-state index contributed by atoms with van der Waals surface area (Å²) in [6.07, 6.45) is 2.51. The van der Waals surface area contributed by atoms with Gasteiger partial charge in [-0.25, -0.2) is 0 Å². The molecule has 1 aliphatic carbocycles. The van der Waals surface area contributed by atoms with Crippen LogP contribution in [0.2, 0.25) is 0 Å². The van der Waals surface area contributed by atoms with Crippen molar-refractivity contribution in [1.82, 2.24) is 4.90 Å². The van der Waals surface area contributed by atoms with Crippen molar-refractivity contribution in [2.45, 2.75) is 50.4 Å². The van der Waals surface area contributed by atoms with Crippen LogP contribution in [0.4, 0.5) is 0 Å². The fourth-order valence-corrected chi connectivity index (χ4v) is 3.50. The zero-order valence-electron chi connectivity index (χ0n) is 9.07. The second-order valence-electron chi connectivity index (χ2n) is 5.59. The molecule has 0 amide bonds. The Morgan fingerprint density at radius 2 is 2.21 bits per heavy atom. The quantitative estimate of drug-likeness (QED) is 0.667. The van der Waals surface area contributed by atoms with E-state index in [1.807, 2.05) is 0 Å². The highest BCUT2D eigenvalue weighted by Crippen LogP contribution is 2.44. The molecule has 4 rings (SSSR count). The first-order valence-corrected chi connectivity index (χ1v) is 5.75. The first-order valence-electron chi connectivity index (χ1n) is 5.75. The molecule has 0 aromatic heterocycles. The Labute approximate surface area is 85.6 Å². The summed E-state index contributed by atoms with van der Waals surface area (Å²) < 4.78 is 5.78. The number of nitrogens with two attached hydrogens (primary N) is 1. The van der Waals surface area contributed by atoms with Gasteiger partial charge in [0, 0.05) is 31.3 Å². The molecule has 3 heteroatoms. The van der Waals surface area contributed by atoms with Crippen LogP contribution in [0.25, 0.3) is 0 Å². The molecule has 2 N–H and O–H groups in total. The van der Waals surface area contributed by atoms with Crippen molar-refractivity contribution in [2.24, 2.45) is 11.7 Å². The zero-order chi connectivity index (χ0) is 9.92. The van der Waals surface area contributed by atoms with Gasteiger partial charge in [0.15, 0.2) is 0 Å². The van der Waals surface area contributed by atoms with E-state index >= 15 is 0 Å². The van der Waals surface area contributed by atoms with Gasteiger partial charge in [0.05, 0.1) is 5.60 Å². The number of rotatable bonds is 1. The second-order valence-corrected chi connectivity index (χ2v) is 5.59. The summed E-state index contributed by atoms with van der Waals surface area (Å²) in [5.41, 5.74) is 6.13. The third-order valence-corrected chi connectivity index (χ3v) is 4.47. The van der Waals surface area contributed by atoms with E-state index in [1.165, 1.54) is 19.4 Å². The summed E-state index contributed by atoms with van der Waals surface area (Å²) >= 11 is 0. The Kier molecular flexibility index (Phi) is 1.77. The minimum atomic E-state index is 0.0389. The molecule has 4 aliphatic rings. The van der Waals surface area contributed by atoms with Gasteiger partial charge >= 0.3 is 0 Å². The van der Waals surface area contributed by atoms with Crippen molar-refractivity contribution in [1.29, 1.82) is 0 Å². The molecular weight excluding hydrogens is 176 g/mol. The largest absolute Gasteiger partial charge is 0.374 e. The van der Waals surface area contributed by atoms with E-state index in [-0.39, 0.29) is 5.60 Å². The Bertz CT molecular complexity index is 254. The molecule has 3 saturated heterocycles. The highest BCUT2D eigenvalue weighted by atomic mass is 16.5. The van der Waals surface area contributed by atoms with Gasteiger partial charge in [-0.15, -0.1) is 0 Å². The lowest BCUT2D eigenvalue weighted by atomic mass is 9.80. The molecule has 3 nitrogen and oxygen atoms in total. The molecule has 3 aliphatic heterocycles. The monoisotopic (exact) mass is 196 g/mol. The van der Waals surface area contributed by atoms with Crippen LogP contribution >= 0.6 is 0 Å². The standard InChI is InChI=1S/C11H20N2O/c1-11(2)9(3-4-14-11)13-6-7-5-8(13)10(7)12/h7-10H,3-6,12H2,1-2H3. The molecule has 0 spiro atoms. The molecule has 4 atom stereocenters. The summed E-state index contributed by atoms with van der Waals surface area (Å²) in [5.74, 6) is 0.774. The van der Waals surface area contributed by atoms with Crippen LogP contribution in [-0.2, 0) is 4.74 Å². The molecule has 0 radical (unpaired) electrons. The lowest BCUT2D eigenvalue weighted by molar-refractivity contribution is -0.0123. The molecule has 0 aromatic carbocycles. The maximum absolute atomic E-state index is 6.09.